The molecule has 2 N–H and O–H groups in total. The van der Waals surface area contributed by atoms with E-state index in [1.54, 1.807) is 0 Å². The zero-order chi connectivity index (χ0) is 14.2. The molecule has 0 aromatic carbocycles. The Morgan fingerprint density at radius 1 is 1.25 bits per heavy atom. The first kappa shape index (κ1) is 15.7. The van der Waals surface area contributed by atoms with Crippen molar-refractivity contribution in [1.29, 1.82) is 0 Å². The fourth-order valence-corrected chi connectivity index (χ4v) is 3.21. The zero-order valence-electron chi connectivity index (χ0n) is 12.7. The Morgan fingerprint density at radius 3 is 2.80 bits per heavy atom. The van der Waals surface area contributed by atoms with E-state index in [0.29, 0.717) is 18.6 Å². The summed E-state index contributed by atoms with van der Waals surface area (Å²) in [6.45, 7) is 4.21. The molecule has 0 spiro atoms. The lowest BCUT2D eigenvalue weighted by Gasteiger charge is -2.35. The summed E-state index contributed by atoms with van der Waals surface area (Å²) in [5, 5.41) is 6.38. The van der Waals surface area contributed by atoms with Gasteiger partial charge in [-0.3, -0.25) is 9.69 Å². The molecule has 5 heteroatoms. The number of carbonyl (C=O) groups excluding carboxylic acids is 1. The van der Waals surface area contributed by atoms with Crippen LogP contribution in [0.2, 0.25) is 0 Å². The van der Waals surface area contributed by atoms with Crippen molar-refractivity contribution in [2.24, 2.45) is 0 Å². The van der Waals surface area contributed by atoms with Gasteiger partial charge in [-0.1, -0.05) is 6.42 Å². The number of hydrogen-bond acceptors (Lipinski definition) is 4. The lowest BCUT2D eigenvalue weighted by molar-refractivity contribution is -0.124. The number of nitrogens with zero attached hydrogens (tertiary/aromatic N) is 1. The van der Waals surface area contributed by atoms with Crippen molar-refractivity contribution in [3.63, 3.8) is 0 Å². The summed E-state index contributed by atoms with van der Waals surface area (Å²) in [5.41, 5.74) is 0. The van der Waals surface area contributed by atoms with Gasteiger partial charge in [-0.2, -0.15) is 0 Å². The van der Waals surface area contributed by atoms with E-state index in [0.717, 1.165) is 45.6 Å². The molecule has 0 saturated carbocycles. The largest absolute Gasteiger partial charge is 0.381 e. The van der Waals surface area contributed by atoms with E-state index in [1.807, 2.05) is 7.05 Å². The van der Waals surface area contributed by atoms with Gasteiger partial charge >= 0.3 is 0 Å². The number of hydrogen-bond donors (Lipinski definition) is 2. The molecule has 0 bridgehead atoms. The third kappa shape index (κ3) is 5.04. The maximum Gasteiger partial charge on any atom is 0.234 e. The molecule has 0 aromatic heterocycles. The number of likely N-dealkylation sites (tertiary alicyclic amines) is 1. The van der Waals surface area contributed by atoms with Gasteiger partial charge in [0.15, 0.2) is 0 Å². The molecular formula is C15H29N3O2. The molecule has 2 aliphatic rings. The maximum atomic E-state index is 12.2. The minimum Gasteiger partial charge on any atom is -0.381 e. The molecule has 5 nitrogen and oxygen atoms in total. The lowest BCUT2D eigenvalue weighted by Crippen LogP contribution is -2.49. The number of amides is 1. The van der Waals surface area contributed by atoms with Crippen molar-refractivity contribution in [2.75, 3.05) is 39.9 Å². The van der Waals surface area contributed by atoms with Gasteiger partial charge in [0.05, 0.1) is 6.54 Å². The molecule has 2 aliphatic heterocycles. The summed E-state index contributed by atoms with van der Waals surface area (Å²) in [6.07, 6.45) is 6.80. The highest BCUT2D eigenvalue weighted by atomic mass is 16.5. The molecule has 20 heavy (non-hydrogen) atoms. The zero-order valence-corrected chi connectivity index (χ0v) is 12.7. The summed E-state index contributed by atoms with van der Waals surface area (Å²) < 4.78 is 5.32. The van der Waals surface area contributed by atoms with E-state index in [1.165, 1.54) is 19.3 Å². The highest BCUT2D eigenvalue weighted by Crippen LogP contribution is 2.19. The van der Waals surface area contributed by atoms with Crippen LogP contribution in [0.15, 0.2) is 0 Å². The van der Waals surface area contributed by atoms with Crippen LogP contribution in [-0.2, 0) is 9.53 Å². The molecule has 0 aromatic rings. The van der Waals surface area contributed by atoms with E-state index >= 15 is 0 Å². The molecule has 0 aliphatic carbocycles. The summed E-state index contributed by atoms with van der Waals surface area (Å²) in [4.78, 5) is 14.6. The highest BCUT2D eigenvalue weighted by molar-refractivity contribution is 5.78. The average molecular weight is 283 g/mol. The van der Waals surface area contributed by atoms with Gasteiger partial charge in [0.2, 0.25) is 5.91 Å². The predicted octanol–water partition coefficient (Wildman–Crippen LogP) is 0.746. The van der Waals surface area contributed by atoms with Crippen LogP contribution in [-0.4, -0.2) is 62.8 Å². The highest BCUT2D eigenvalue weighted by Gasteiger charge is 2.25. The van der Waals surface area contributed by atoms with Crippen LogP contribution in [0.1, 0.15) is 38.5 Å². The van der Waals surface area contributed by atoms with Crippen molar-refractivity contribution in [3.8, 4) is 0 Å². The number of carbonyl (C=O) groups is 1. The molecule has 1 unspecified atom stereocenters. The van der Waals surface area contributed by atoms with Crippen molar-refractivity contribution in [1.82, 2.24) is 15.5 Å². The van der Waals surface area contributed by atoms with E-state index in [-0.39, 0.29) is 5.91 Å². The Bertz CT molecular complexity index is 293. The second-order valence-electron chi connectivity index (χ2n) is 5.97. The van der Waals surface area contributed by atoms with E-state index < -0.39 is 0 Å². The van der Waals surface area contributed by atoms with Gasteiger partial charge in [-0.25, -0.2) is 0 Å². The van der Waals surface area contributed by atoms with Crippen LogP contribution in [0.25, 0.3) is 0 Å². The molecule has 2 saturated heterocycles. The third-order valence-corrected chi connectivity index (χ3v) is 4.41. The van der Waals surface area contributed by atoms with Crippen LogP contribution < -0.4 is 10.6 Å². The summed E-state index contributed by atoms with van der Waals surface area (Å²) in [7, 11) is 1.99. The van der Waals surface area contributed by atoms with Gasteiger partial charge in [0.1, 0.15) is 0 Å². The Labute approximate surface area is 122 Å². The third-order valence-electron chi connectivity index (χ3n) is 4.41. The Hall–Kier alpha value is -0.650. The molecule has 1 amide bonds. The smallest absolute Gasteiger partial charge is 0.234 e. The van der Waals surface area contributed by atoms with E-state index in [4.69, 9.17) is 4.74 Å². The molecular weight excluding hydrogens is 254 g/mol. The molecule has 1 atom stereocenters. The first-order valence-electron chi connectivity index (χ1n) is 8.05. The fraction of sp³-hybridized carbons (Fsp3) is 0.933. The van der Waals surface area contributed by atoms with Crippen LogP contribution in [0, 0.1) is 0 Å². The Kier molecular flexibility index (Phi) is 6.76. The van der Waals surface area contributed by atoms with E-state index in [2.05, 4.69) is 15.5 Å². The first-order valence-corrected chi connectivity index (χ1v) is 8.05. The summed E-state index contributed by atoms with van der Waals surface area (Å²) in [5.74, 6) is 0.188. The minimum absolute atomic E-state index is 0.188. The second kappa shape index (κ2) is 8.60. The molecule has 2 rings (SSSR count). The Morgan fingerprint density at radius 2 is 2.05 bits per heavy atom. The Balaban J connectivity index is 1.75. The number of rotatable bonds is 6. The second-order valence-corrected chi connectivity index (χ2v) is 5.97. The average Bonchev–Trinajstić information content (AvgIpc) is 2.47. The van der Waals surface area contributed by atoms with Gasteiger partial charge in [-0.05, 0) is 52.2 Å². The maximum absolute atomic E-state index is 12.2. The monoisotopic (exact) mass is 283 g/mol. The standard InChI is InChI=1S/C15H29N3O2/c1-16-8-5-14-4-2-3-9-18(14)12-15(19)17-13-6-10-20-11-7-13/h13-14,16H,2-12H2,1H3,(H,17,19). The van der Waals surface area contributed by atoms with Crippen LogP contribution >= 0.6 is 0 Å². The number of nitrogens with one attached hydrogen (secondary N) is 2. The molecule has 2 fully saturated rings. The minimum atomic E-state index is 0.188. The fourth-order valence-electron chi connectivity index (χ4n) is 3.21. The number of ether oxygens (including phenoxy) is 1. The topological polar surface area (TPSA) is 53.6 Å². The van der Waals surface area contributed by atoms with Crippen LogP contribution in [0.5, 0.6) is 0 Å². The molecule has 2 heterocycles. The molecule has 116 valence electrons. The first-order chi connectivity index (χ1) is 9.79. The van der Waals surface area contributed by atoms with Gasteiger partial charge in [0.25, 0.3) is 0 Å². The summed E-state index contributed by atoms with van der Waals surface area (Å²) in [6, 6.07) is 0.883. The molecule has 0 radical (unpaired) electrons. The van der Waals surface area contributed by atoms with Crippen molar-refractivity contribution < 1.29 is 9.53 Å². The van der Waals surface area contributed by atoms with Gasteiger partial charge in [-0.15, -0.1) is 0 Å². The van der Waals surface area contributed by atoms with E-state index in [9.17, 15) is 4.79 Å². The van der Waals surface area contributed by atoms with Crippen LogP contribution in [0.3, 0.4) is 0 Å². The van der Waals surface area contributed by atoms with Crippen LogP contribution in [0.4, 0.5) is 0 Å². The van der Waals surface area contributed by atoms with Crippen molar-refractivity contribution in [2.45, 2.75) is 50.6 Å². The quantitative estimate of drug-likeness (QED) is 0.755. The predicted molar refractivity (Wildman–Crippen MR) is 79.7 cm³/mol. The summed E-state index contributed by atoms with van der Waals surface area (Å²) >= 11 is 0. The normalized spacial score (nSPS) is 25.6. The van der Waals surface area contributed by atoms with Crippen molar-refractivity contribution >= 4 is 5.91 Å². The van der Waals surface area contributed by atoms with Gasteiger partial charge in [0, 0.05) is 25.3 Å². The van der Waals surface area contributed by atoms with Gasteiger partial charge < -0.3 is 15.4 Å². The lowest BCUT2D eigenvalue weighted by atomic mass is 9.99. The van der Waals surface area contributed by atoms with Crippen molar-refractivity contribution in [3.05, 3.63) is 0 Å². The SMILES string of the molecule is CNCCC1CCCCN1CC(=O)NC1CCOCC1. The number of piperidine rings is 1.